The Labute approximate surface area is 201 Å². The van der Waals surface area contributed by atoms with Gasteiger partial charge < -0.3 is 17.0 Å². The third-order valence-corrected chi connectivity index (χ3v) is 14.0. The van der Waals surface area contributed by atoms with Crippen molar-refractivity contribution in [3.05, 3.63) is 91.0 Å². The molecule has 0 aliphatic carbocycles. The van der Waals surface area contributed by atoms with Crippen LogP contribution in [0, 0.1) is 0 Å². The summed E-state index contributed by atoms with van der Waals surface area (Å²) in [5, 5.41) is 4.50. The summed E-state index contributed by atoms with van der Waals surface area (Å²) < 4.78 is 0.307. The van der Waals surface area contributed by atoms with Gasteiger partial charge in [-0.1, -0.05) is 54.6 Å². The molecule has 1 aliphatic heterocycles. The lowest BCUT2D eigenvalue weighted by atomic mass is 10.2. The van der Waals surface area contributed by atoms with Gasteiger partial charge in [0, 0.05) is 6.42 Å². The SMILES string of the molecule is CC(CC1(C)SCCCS1)[P+](c1ccccc1)(c1ccccc1)c1ccccc1.[Br-]. The molecule has 0 saturated carbocycles. The molecule has 3 aromatic carbocycles. The lowest BCUT2D eigenvalue weighted by Crippen LogP contribution is -3.00. The molecular formula is C26H30BrPS2. The zero-order chi connectivity index (χ0) is 20.2. The van der Waals surface area contributed by atoms with Gasteiger partial charge in [0.1, 0.15) is 23.2 Å². The summed E-state index contributed by atoms with van der Waals surface area (Å²) in [6.45, 7) is 5.00. The van der Waals surface area contributed by atoms with Crippen LogP contribution >= 0.6 is 30.8 Å². The first-order valence-corrected chi connectivity index (χ1v) is 14.3. The summed E-state index contributed by atoms with van der Waals surface area (Å²) in [4.78, 5) is 0. The van der Waals surface area contributed by atoms with Crippen molar-refractivity contribution in [2.75, 3.05) is 11.5 Å². The molecule has 0 radical (unpaired) electrons. The highest BCUT2D eigenvalue weighted by atomic mass is 79.9. The van der Waals surface area contributed by atoms with Crippen LogP contribution < -0.4 is 32.9 Å². The average Bonchev–Trinajstić information content (AvgIpc) is 2.77. The van der Waals surface area contributed by atoms with Crippen LogP contribution in [0.3, 0.4) is 0 Å². The van der Waals surface area contributed by atoms with E-state index in [9.17, 15) is 0 Å². The lowest BCUT2D eigenvalue weighted by Gasteiger charge is -2.39. The van der Waals surface area contributed by atoms with E-state index in [4.69, 9.17) is 0 Å². The molecule has 4 heteroatoms. The summed E-state index contributed by atoms with van der Waals surface area (Å²) in [7, 11) is -1.78. The van der Waals surface area contributed by atoms with Crippen LogP contribution in [0.5, 0.6) is 0 Å². The summed E-state index contributed by atoms with van der Waals surface area (Å²) in [5.74, 6) is 2.59. The van der Waals surface area contributed by atoms with Crippen molar-refractivity contribution < 1.29 is 17.0 Å². The number of halogens is 1. The maximum absolute atomic E-state index is 2.52. The Morgan fingerprint density at radius 3 is 1.47 bits per heavy atom. The van der Waals surface area contributed by atoms with Crippen molar-refractivity contribution >= 4 is 46.7 Å². The van der Waals surface area contributed by atoms with Crippen LogP contribution in [-0.2, 0) is 0 Å². The van der Waals surface area contributed by atoms with Gasteiger partial charge in [-0.2, -0.15) is 0 Å². The van der Waals surface area contributed by atoms with E-state index < -0.39 is 7.26 Å². The molecule has 1 atom stereocenters. The van der Waals surface area contributed by atoms with Gasteiger partial charge in [0.2, 0.25) is 0 Å². The summed E-state index contributed by atoms with van der Waals surface area (Å²) in [6, 6.07) is 34.0. The standard InChI is InChI=1S/C26H30PS2.BrH/c1-22(21-26(2)28-19-12-20-29-26)27(23-13-6-3-7-14-23,24-15-8-4-9-16-24)25-17-10-5-11-18-25;/h3-11,13-18,22H,12,19-21H2,1-2H3;1H/q+1;/p-1. The molecule has 4 rings (SSSR count). The molecule has 1 saturated heterocycles. The van der Waals surface area contributed by atoms with Gasteiger partial charge in [-0.3, -0.25) is 0 Å². The summed E-state index contributed by atoms with van der Waals surface area (Å²) >= 11 is 4.35. The van der Waals surface area contributed by atoms with Crippen molar-refractivity contribution in [2.45, 2.75) is 36.4 Å². The first-order valence-electron chi connectivity index (χ1n) is 10.5. The molecule has 0 N–H and O–H groups in total. The van der Waals surface area contributed by atoms with Gasteiger partial charge in [-0.25, -0.2) is 0 Å². The van der Waals surface area contributed by atoms with Crippen molar-refractivity contribution in [1.82, 2.24) is 0 Å². The monoisotopic (exact) mass is 516 g/mol. The highest BCUT2D eigenvalue weighted by Gasteiger charge is 2.52. The van der Waals surface area contributed by atoms with Crippen LogP contribution in [0.4, 0.5) is 0 Å². The van der Waals surface area contributed by atoms with E-state index in [2.05, 4.69) is 128 Å². The maximum atomic E-state index is 2.52. The molecule has 158 valence electrons. The normalized spacial score (nSPS) is 17.0. The Kier molecular flexibility index (Phi) is 8.55. The Balaban J connectivity index is 0.00000256. The Hall–Kier alpha value is -0.730. The highest BCUT2D eigenvalue weighted by molar-refractivity contribution is 8.18. The van der Waals surface area contributed by atoms with Crippen molar-refractivity contribution in [2.24, 2.45) is 0 Å². The fourth-order valence-corrected chi connectivity index (χ4v) is 13.1. The van der Waals surface area contributed by atoms with Crippen molar-refractivity contribution in [1.29, 1.82) is 0 Å². The predicted octanol–water partition coefficient (Wildman–Crippen LogP) is 3.35. The number of rotatable bonds is 6. The van der Waals surface area contributed by atoms with E-state index in [1.54, 1.807) is 0 Å². The van der Waals surface area contributed by atoms with Gasteiger partial charge in [0.15, 0.2) is 0 Å². The molecule has 0 nitrogen and oxygen atoms in total. The third kappa shape index (κ3) is 4.85. The minimum atomic E-state index is -1.78. The molecular weight excluding hydrogens is 487 g/mol. The molecule has 0 amide bonds. The first kappa shape index (κ1) is 23.9. The van der Waals surface area contributed by atoms with E-state index in [-0.39, 0.29) is 17.0 Å². The van der Waals surface area contributed by atoms with Crippen LogP contribution in [0.1, 0.15) is 26.7 Å². The second kappa shape index (κ2) is 10.7. The van der Waals surface area contributed by atoms with Crippen LogP contribution in [0.25, 0.3) is 0 Å². The first-order chi connectivity index (χ1) is 14.2. The lowest BCUT2D eigenvalue weighted by molar-refractivity contribution is -0.00000567. The molecule has 0 spiro atoms. The number of hydrogen-bond acceptors (Lipinski definition) is 2. The summed E-state index contributed by atoms with van der Waals surface area (Å²) in [5.41, 5.74) is 0.567. The van der Waals surface area contributed by atoms with E-state index in [1.165, 1.54) is 40.3 Å². The molecule has 1 heterocycles. The van der Waals surface area contributed by atoms with Crippen molar-refractivity contribution in [3.63, 3.8) is 0 Å². The molecule has 1 fully saturated rings. The minimum Gasteiger partial charge on any atom is -1.00 e. The third-order valence-electron chi connectivity index (χ3n) is 5.92. The molecule has 0 aromatic heterocycles. The Morgan fingerprint density at radius 2 is 1.10 bits per heavy atom. The summed E-state index contributed by atoms with van der Waals surface area (Å²) in [6.07, 6.45) is 2.57. The van der Waals surface area contributed by atoms with Crippen LogP contribution in [0.2, 0.25) is 0 Å². The predicted molar refractivity (Wildman–Crippen MR) is 137 cm³/mol. The molecule has 1 unspecified atom stereocenters. The van der Waals surface area contributed by atoms with Crippen molar-refractivity contribution in [3.8, 4) is 0 Å². The number of thioether (sulfide) groups is 2. The zero-order valence-corrected chi connectivity index (χ0v) is 21.8. The minimum absolute atomic E-state index is 0. The fraction of sp³-hybridized carbons (Fsp3) is 0.308. The van der Waals surface area contributed by atoms with Gasteiger partial charge in [0.05, 0.1) is 9.74 Å². The second-order valence-electron chi connectivity index (χ2n) is 7.97. The quantitative estimate of drug-likeness (QED) is 0.460. The number of benzene rings is 3. The van der Waals surface area contributed by atoms with Gasteiger partial charge in [-0.15, -0.1) is 23.5 Å². The van der Waals surface area contributed by atoms with Gasteiger partial charge >= 0.3 is 0 Å². The maximum Gasteiger partial charge on any atom is 0.114 e. The Morgan fingerprint density at radius 1 is 0.733 bits per heavy atom. The van der Waals surface area contributed by atoms with E-state index >= 15 is 0 Å². The van der Waals surface area contributed by atoms with Crippen LogP contribution in [0.15, 0.2) is 91.0 Å². The van der Waals surface area contributed by atoms with E-state index in [0.717, 1.165) is 0 Å². The molecule has 1 aliphatic rings. The van der Waals surface area contributed by atoms with Crippen LogP contribution in [-0.4, -0.2) is 21.2 Å². The second-order valence-corrected chi connectivity index (χ2v) is 15.3. The van der Waals surface area contributed by atoms with E-state index in [1.807, 2.05) is 0 Å². The fourth-order valence-electron chi connectivity index (χ4n) is 4.67. The highest BCUT2D eigenvalue weighted by Crippen LogP contribution is 2.63. The van der Waals surface area contributed by atoms with E-state index in [0.29, 0.717) is 9.74 Å². The molecule has 30 heavy (non-hydrogen) atoms. The molecule has 0 bridgehead atoms. The zero-order valence-electron chi connectivity index (χ0n) is 17.7. The van der Waals surface area contributed by atoms with Gasteiger partial charge in [-0.05, 0) is 68.2 Å². The Bertz CT molecular complexity index is 799. The molecule has 3 aromatic rings. The smallest absolute Gasteiger partial charge is 0.114 e. The average molecular weight is 518 g/mol. The topological polar surface area (TPSA) is 0 Å². The van der Waals surface area contributed by atoms with Gasteiger partial charge in [0.25, 0.3) is 0 Å². The number of hydrogen-bond donors (Lipinski definition) is 0. The largest absolute Gasteiger partial charge is 1.00 e.